The fourth-order valence-corrected chi connectivity index (χ4v) is 2.91. The second-order valence-electron chi connectivity index (χ2n) is 4.66. The maximum absolute atomic E-state index is 11.6. The molecular weight excluding hydrogens is 202 g/mol. The van der Waals surface area contributed by atoms with Crippen molar-refractivity contribution in [3.63, 3.8) is 0 Å². The van der Waals surface area contributed by atoms with Gasteiger partial charge in [0.15, 0.2) is 0 Å². The van der Waals surface area contributed by atoms with E-state index in [1.165, 1.54) is 0 Å². The average Bonchev–Trinajstić information content (AvgIpc) is 2.31. The molecule has 14 heavy (non-hydrogen) atoms. The second kappa shape index (κ2) is 4.14. The molecule has 1 aliphatic rings. The van der Waals surface area contributed by atoms with Crippen molar-refractivity contribution in [1.29, 1.82) is 0 Å². The van der Waals surface area contributed by atoms with Crippen LogP contribution in [-0.4, -0.2) is 33.1 Å². The first kappa shape index (κ1) is 11.9. The van der Waals surface area contributed by atoms with Crippen LogP contribution in [0.25, 0.3) is 0 Å². The molecule has 0 aromatic heterocycles. The lowest BCUT2D eigenvalue weighted by Crippen LogP contribution is -2.50. The minimum Gasteiger partial charge on any atom is -0.315 e. The first-order chi connectivity index (χ1) is 6.29. The van der Waals surface area contributed by atoms with Gasteiger partial charge in [-0.2, -0.15) is 17.9 Å². The zero-order valence-corrected chi connectivity index (χ0v) is 9.74. The van der Waals surface area contributed by atoms with Crippen molar-refractivity contribution in [2.45, 2.75) is 38.8 Å². The molecule has 1 rings (SSSR count). The Balaban J connectivity index is 2.49. The molecule has 0 bridgehead atoms. The Morgan fingerprint density at radius 3 is 2.43 bits per heavy atom. The smallest absolute Gasteiger partial charge is 0.277 e. The maximum atomic E-state index is 11.6. The van der Waals surface area contributed by atoms with Crippen molar-refractivity contribution in [3.8, 4) is 0 Å². The van der Waals surface area contributed by atoms with Gasteiger partial charge in [-0.25, -0.2) is 0 Å². The van der Waals surface area contributed by atoms with Gasteiger partial charge >= 0.3 is 0 Å². The lowest BCUT2D eigenvalue weighted by atomic mass is 10.1. The molecule has 1 heterocycles. The molecule has 1 atom stereocenters. The summed E-state index contributed by atoms with van der Waals surface area (Å²) in [5, 5.41) is 3.10. The predicted octanol–water partition coefficient (Wildman–Crippen LogP) is -0.429. The molecule has 1 saturated heterocycles. The van der Waals surface area contributed by atoms with Gasteiger partial charge in [0.2, 0.25) is 0 Å². The summed E-state index contributed by atoms with van der Waals surface area (Å²) in [6.45, 7) is 7.05. The molecule has 0 saturated carbocycles. The summed E-state index contributed by atoms with van der Waals surface area (Å²) < 4.78 is 28.3. The quantitative estimate of drug-likeness (QED) is 0.606. The summed E-state index contributed by atoms with van der Waals surface area (Å²) in [7, 11) is -3.36. The molecule has 0 aromatic rings. The Labute approximate surface area is 85.8 Å². The van der Waals surface area contributed by atoms with Gasteiger partial charge in [0.25, 0.3) is 10.2 Å². The van der Waals surface area contributed by atoms with Crippen molar-refractivity contribution >= 4 is 10.2 Å². The van der Waals surface area contributed by atoms with Crippen LogP contribution in [0.15, 0.2) is 0 Å². The molecule has 3 N–H and O–H groups in total. The Bertz CT molecular complexity index is 275. The van der Waals surface area contributed by atoms with E-state index in [4.69, 9.17) is 0 Å². The Hall–Kier alpha value is -0.170. The zero-order chi connectivity index (χ0) is 10.8. The summed E-state index contributed by atoms with van der Waals surface area (Å²) in [5.74, 6) is 0. The third kappa shape index (κ3) is 4.36. The van der Waals surface area contributed by atoms with Crippen LogP contribution < -0.4 is 14.8 Å². The van der Waals surface area contributed by atoms with Crippen LogP contribution in [0.4, 0.5) is 0 Å². The molecule has 0 amide bonds. The summed E-state index contributed by atoms with van der Waals surface area (Å²) in [6, 6.07) is 0.0230. The van der Waals surface area contributed by atoms with Crippen molar-refractivity contribution in [3.05, 3.63) is 0 Å². The third-order valence-corrected chi connectivity index (χ3v) is 3.35. The second-order valence-corrected chi connectivity index (χ2v) is 6.11. The van der Waals surface area contributed by atoms with Gasteiger partial charge in [0.05, 0.1) is 0 Å². The lowest BCUT2D eigenvalue weighted by molar-refractivity contribution is 0.476. The Morgan fingerprint density at radius 1 is 1.36 bits per heavy atom. The van der Waals surface area contributed by atoms with Gasteiger partial charge in [0.1, 0.15) is 0 Å². The van der Waals surface area contributed by atoms with E-state index in [9.17, 15) is 8.42 Å². The Morgan fingerprint density at radius 2 is 2.00 bits per heavy atom. The van der Waals surface area contributed by atoms with E-state index in [1.807, 2.05) is 20.8 Å². The molecule has 0 aromatic carbocycles. The topological polar surface area (TPSA) is 70.2 Å². The van der Waals surface area contributed by atoms with E-state index >= 15 is 0 Å². The van der Waals surface area contributed by atoms with Gasteiger partial charge in [-0.1, -0.05) is 0 Å². The standard InChI is InChI=1S/C8H19N3O2S/c1-8(2,3)11-14(12,13)10-7-4-5-9-6-7/h7,9-11H,4-6H2,1-3H3/t7-/m0/s1. The molecule has 0 radical (unpaired) electrons. The van der Waals surface area contributed by atoms with Gasteiger partial charge in [-0.05, 0) is 33.7 Å². The first-order valence-electron chi connectivity index (χ1n) is 4.80. The highest BCUT2D eigenvalue weighted by Gasteiger charge is 2.24. The molecule has 1 fully saturated rings. The van der Waals surface area contributed by atoms with Gasteiger partial charge in [-0.15, -0.1) is 0 Å². The number of hydrogen-bond acceptors (Lipinski definition) is 3. The van der Waals surface area contributed by atoms with E-state index in [-0.39, 0.29) is 6.04 Å². The minimum atomic E-state index is -3.36. The SMILES string of the molecule is CC(C)(C)NS(=O)(=O)N[C@H]1CCNC1. The van der Waals surface area contributed by atoms with Gasteiger partial charge in [0, 0.05) is 18.1 Å². The molecular formula is C8H19N3O2S. The predicted molar refractivity (Wildman–Crippen MR) is 56.2 cm³/mol. The van der Waals surface area contributed by atoms with Gasteiger partial charge in [-0.3, -0.25) is 0 Å². The minimum absolute atomic E-state index is 0.0230. The van der Waals surface area contributed by atoms with E-state index in [0.717, 1.165) is 13.0 Å². The molecule has 6 heteroatoms. The summed E-state index contributed by atoms with van der Waals surface area (Å²) in [5.41, 5.74) is -0.433. The van der Waals surface area contributed by atoms with Crippen LogP contribution in [0, 0.1) is 0 Å². The molecule has 0 aliphatic carbocycles. The number of hydrogen-bond donors (Lipinski definition) is 3. The Kier molecular flexibility index (Phi) is 3.52. The van der Waals surface area contributed by atoms with Crippen molar-refractivity contribution < 1.29 is 8.42 Å². The molecule has 1 aliphatic heterocycles. The molecule has 84 valence electrons. The summed E-state index contributed by atoms with van der Waals surface area (Å²) in [4.78, 5) is 0. The van der Waals surface area contributed by atoms with E-state index in [0.29, 0.717) is 6.54 Å². The average molecular weight is 221 g/mol. The lowest BCUT2D eigenvalue weighted by Gasteiger charge is -2.22. The normalized spacial score (nSPS) is 24.1. The third-order valence-electron chi connectivity index (χ3n) is 1.82. The maximum Gasteiger partial charge on any atom is 0.277 e. The molecule has 0 unspecified atom stereocenters. The monoisotopic (exact) mass is 221 g/mol. The summed E-state index contributed by atoms with van der Waals surface area (Å²) in [6.07, 6.45) is 0.852. The number of rotatable bonds is 3. The highest BCUT2D eigenvalue weighted by Crippen LogP contribution is 2.03. The summed E-state index contributed by atoms with van der Waals surface area (Å²) >= 11 is 0. The highest BCUT2D eigenvalue weighted by atomic mass is 32.2. The van der Waals surface area contributed by atoms with Crippen LogP contribution in [0.2, 0.25) is 0 Å². The van der Waals surface area contributed by atoms with Crippen molar-refractivity contribution in [2.24, 2.45) is 0 Å². The highest BCUT2D eigenvalue weighted by molar-refractivity contribution is 7.87. The van der Waals surface area contributed by atoms with Crippen molar-refractivity contribution in [1.82, 2.24) is 14.8 Å². The van der Waals surface area contributed by atoms with Crippen LogP contribution in [0.5, 0.6) is 0 Å². The number of nitrogens with one attached hydrogen (secondary N) is 3. The van der Waals surface area contributed by atoms with Crippen LogP contribution in [0.3, 0.4) is 0 Å². The van der Waals surface area contributed by atoms with Crippen LogP contribution in [-0.2, 0) is 10.2 Å². The van der Waals surface area contributed by atoms with Gasteiger partial charge < -0.3 is 5.32 Å². The van der Waals surface area contributed by atoms with E-state index in [2.05, 4.69) is 14.8 Å². The van der Waals surface area contributed by atoms with Crippen LogP contribution in [0.1, 0.15) is 27.2 Å². The first-order valence-corrected chi connectivity index (χ1v) is 6.29. The van der Waals surface area contributed by atoms with Crippen molar-refractivity contribution in [2.75, 3.05) is 13.1 Å². The van der Waals surface area contributed by atoms with E-state index < -0.39 is 15.7 Å². The largest absolute Gasteiger partial charge is 0.315 e. The fraction of sp³-hybridized carbons (Fsp3) is 1.00. The fourth-order valence-electron chi connectivity index (χ4n) is 1.41. The zero-order valence-electron chi connectivity index (χ0n) is 8.92. The molecule has 0 spiro atoms. The van der Waals surface area contributed by atoms with Crippen LogP contribution >= 0.6 is 0 Å². The van der Waals surface area contributed by atoms with E-state index in [1.54, 1.807) is 0 Å². The molecule has 5 nitrogen and oxygen atoms in total.